The number of aromatic nitrogens is 1. The minimum Gasteiger partial charge on any atom is -0.396 e. The fraction of sp³-hybridized carbons (Fsp3) is 0.389. The third-order valence-electron chi connectivity index (χ3n) is 4.59. The molecule has 2 aromatic rings. The summed E-state index contributed by atoms with van der Waals surface area (Å²) in [7, 11) is 0. The van der Waals surface area contributed by atoms with E-state index in [4.69, 9.17) is 0 Å². The van der Waals surface area contributed by atoms with E-state index in [1.54, 1.807) is 6.07 Å². The molecule has 7 heteroatoms. The number of likely N-dealkylation sites (tertiary alicyclic amines) is 1. The maximum Gasteiger partial charge on any atom is 0.287 e. The first kappa shape index (κ1) is 17.3. The van der Waals surface area contributed by atoms with Gasteiger partial charge in [0.25, 0.3) is 5.69 Å². The molecule has 2 atom stereocenters. The number of anilines is 1. The smallest absolute Gasteiger partial charge is 0.287 e. The SMILES string of the molecule is O=[N+]([O-])c1ccc(N[C@@H]2CCN(Cc3ccccc3)C[C@@H]2CO)nc1. The third-order valence-corrected chi connectivity index (χ3v) is 4.59. The number of rotatable bonds is 6. The fourth-order valence-corrected chi connectivity index (χ4v) is 3.24. The van der Waals surface area contributed by atoms with E-state index in [2.05, 4.69) is 27.3 Å². The Morgan fingerprint density at radius 1 is 1.28 bits per heavy atom. The van der Waals surface area contributed by atoms with E-state index < -0.39 is 4.92 Å². The highest BCUT2D eigenvalue weighted by Crippen LogP contribution is 2.22. The van der Waals surface area contributed by atoms with Gasteiger partial charge in [-0.05, 0) is 18.1 Å². The van der Waals surface area contributed by atoms with Gasteiger partial charge in [0.2, 0.25) is 0 Å². The topological polar surface area (TPSA) is 91.5 Å². The van der Waals surface area contributed by atoms with Crippen LogP contribution in [0.4, 0.5) is 11.5 Å². The molecular formula is C18H22N4O3. The zero-order valence-electron chi connectivity index (χ0n) is 13.9. The fourth-order valence-electron chi connectivity index (χ4n) is 3.24. The lowest BCUT2D eigenvalue weighted by atomic mass is 9.92. The van der Waals surface area contributed by atoms with Crippen LogP contribution in [0.2, 0.25) is 0 Å². The van der Waals surface area contributed by atoms with Crippen molar-refractivity contribution < 1.29 is 10.0 Å². The number of piperidine rings is 1. The monoisotopic (exact) mass is 342 g/mol. The highest BCUT2D eigenvalue weighted by atomic mass is 16.6. The van der Waals surface area contributed by atoms with Gasteiger partial charge in [0.15, 0.2) is 0 Å². The van der Waals surface area contributed by atoms with Gasteiger partial charge in [-0.3, -0.25) is 15.0 Å². The van der Waals surface area contributed by atoms with Crippen molar-refractivity contribution >= 4 is 11.5 Å². The van der Waals surface area contributed by atoms with Crippen LogP contribution in [-0.2, 0) is 6.54 Å². The molecule has 132 valence electrons. The highest BCUT2D eigenvalue weighted by molar-refractivity contribution is 5.41. The first-order valence-electron chi connectivity index (χ1n) is 8.40. The summed E-state index contributed by atoms with van der Waals surface area (Å²) < 4.78 is 0. The Morgan fingerprint density at radius 2 is 2.08 bits per heavy atom. The second kappa shape index (κ2) is 8.04. The molecule has 0 amide bonds. The van der Waals surface area contributed by atoms with Crippen LogP contribution >= 0.6 is 0 Å². The Kier molecular flexibility index (Phi) is 5.57. The van der Waals surface area contributed by atoms with Crippen molar-refractivity contribution in [3.63, 3.8) is 0 Å². The predicted octanol–water partition coefficient (Wildman–Crippen LogP) is 2.28. The molecule has 0 radical (unpaired) electrons. The summed E-state index contributed by atoms with van der Waals surface area (Å²) in [5.74, 6) is 0.694. The molecule has 1 aliphatic heterocycles. The van der Waals surface area contributed by atoms with Gasteiger partial charge in [0.05, 0.1) is 4.92 Å². The van der Waals surface area contributed by atoms with Gasteiger partial charge in [0.1, 0.15) is 12.0 Å². The number of pyridine rings is 1. The van der Waals surface area contributed by atoms with Crippen LogP contribution in [0.3, 0.4) is 0 Å². The molecule has 0 aliphatic carbocycles. The quantitative estimate of drug-likeness (QED) is 0.618. The first-order valence-corrected chi connectivity index (χ1v) is 8.40. The molecule has 7 nitrogen and oxygen atoms in total. The Bertz CT molecular complexity index is 693. The van der Waals surface area contributed by atoms with Crippen LogP contribution in [-0.4, -0.2) is 45.7 Å². The largest absolute Gasteiger partial charge is 0.396 e. The summed E-state index contributed by atoms with van der Waals surface area (Å²) in [5, 5.41) is 23.8. The summed E-state index contributed by atoms with van der Waals surface area (Å²) in [5.41, 5.74) is 1.24. The lowest BCUT2D eigenvalue weighted by Crippen LogP contribution is -2.47. The van der Waals surface area contributed by atoms with Crippen LogP contribution < -0.4 is 5.32 Å². The first-order chi connectivity index (χ1) is 12.2. The second-order valence-electron chi connectivity index (χ2n) is 6.36. The van der Waals surface area contributed by atoms with E-state index in [1.807, 2.05) is 18.2 Å². The van der Waals surface area contributed by atoms with Gasteiger partial charge in [-0.1, -0.05) is 30.3 Å². The summed E-state index contributed by atoms with van der Waals surface area (Å²) in [4.78, 5) is 16.7. The molecule has 0 saturated carbocycles. The van der Waals surface area contributed by atoms with Crippen molar-refractivity contribution in [3.05, 3.63) is 64.3 Å². The van der Waals surface area contributed by atoms with Gasteiger partial charge in [0, 0.05) is 44.3 Å². The maximum absolute atomic E-state index is 10.7. The Labute approximate surface area is 146 Å². The van der Waals surface area contributed by atoms with E-state index in [0.717, 1.165) is 26.1 Å². The third kappa shape index (κ3) is 4.52. The van der Waals surface area contributed by atoms with E-state index in [0.29, 0.717) is 5.82 Å². The van der Waals surface area contributed by atoms with E-state index >= 15 is 0 Å². The van der Waals surface area contributed by atoms with Crippen molar-refractivity contribution in [1.29, 1.82) is 0 Å². The number of nitrogens with zero attached hydrogens (tertiary/aromatic N) is 3. The van der Waals surface area contributed by atoms with Crippen LogP contribution in [0.1, 0.15) is 12.0 Å². The van der Waals surface area contributed by atoms with E-state index in [9.17, 15) is 15.2 Å². The molecule has 25 heavy (non-hydrogen) atoms. The number of benzene rings is 1. The van der Waals surface area contributed by atoms with E-state index in [-0.39, 0.29) is 24.3 Å². The zero-order chi connectivity index (χ0) is 17.6. The number of aliphatic hydroxyl groups excluding tert-OH is 1. The number of aliphatic hydroxyl groups is 1. The van der Waals surface area contributed by atoms with Crippen LogP contribution in [0.25, 0.3) is 0 Å². The van der Waals surface area contributed by atoms with Crippen LogP contribution in [0.5, 0.6) is 0 Å². The molecular weight excluding hydrogens is 320 g/mol. The molecule has 0 unspecified atom stereocenters. The van der Waals surface area contributed by atoms with Gasteiger partial charge >= 0.3 is 0 Å². The minimum atomic E-state index is -0.463. The summed E-state index contributed by atoms with van der Waals surface area (Å²) >= 11 is 0. The van der Waals surface area contributed by atoms with Crippen molar-refractivity contribution in [2.45, 2.75) is 19.0 Å². The summed E-state index contributed by atoms with van der Waals surface area (Å²) in [6, 6.07) is 13.5. The molecule has 2 N–H and O–H groups in total. The lowest BCUT2D eigenvalue weighted by Gasteiger charge is -2.38. The molecule has 0 bridgehead atoms. The Hall–Kier alpha value is -2.51. The second-order valence-corrected chi connectivity index (χ2v) is 6.36. The van der Waals surface area contributed by atoms with E-state index in [1.165, 1.54) is 17.8 Å². The summed E-state index contributed by atoms with van der Waals surface area (Å²) in [6.45, 7) is 2.70. The van der Waals surface area contributed by atoms with Gasteiger partial charge < -0.3 is 10.4 Å². The Morgan fingerprint density at radius 3 is 2.72 bits per heavy atom. The van der Waals surface area contributed by atoms with Crippen LogP contribution in [0, 0.1) is 16.0 Å². The standard InChI is InChI=1S/C18H22N4O3/c23-13-15-12-21(11-14-4-2-1-3-5-14)9-8-17(15)20-18-7-6-16(10-19-18)22(24)25/h1-7,10,15,17,23H,8-9,11-13H2,(H,19,20)/t15-,17-/m1/s1. The molecule has 3 rings (SSSR count). The number of hydrogen-bond donors (Lipinski definition) is 2. The summed E-state index contributed by atoms with van der Waals surface area (Å²) in [6.07, 6.45) is 2.14. The molecule has 1 aromatic heterocycles. The maximum atomic E-state index is 10.7. The predicted molar refractivity (Wildman–Crippen MR) is 95.2 cm³/mol. The highest BCUT2D eigenvalue weighted by Gasteiger charge is 2.29. The van der Waals surface area contributed by atoms with Crippen molar-refractivity contribution in [2.75, 3.05) is 25.0 Å². The molecule has 1 saturated heterocycles. The van der Waals surface area contributed by atoms with Gasteiger partial charge in [-0.25, -0.2) is 4.98 Å². The van der Waals surface area contributed by atoms with Crippen molar-refractivity contribution in [1.82, 2.24) is 9.88 Å². The normalized spacial score (nSPS) is 21.0. The average Bonchev–Trinajstić information content (AvgIpc) is 2.64. The lowest BCUT2D eigenvalue weighted by molar-refractivity contribution is -0.385. The molecule has 2 heterocycles. The number of hydrogen-bond acceptors (Lipinski definition) is 6. The zero-order valence-corrected chi connectivity index (χ0v) is 13.9. The molecule has 0 spiro atoms. The van der Waals surface area contributed by atoms with Crippen molar-refractivity contribution in [2.24, 2.45) is 5.92 Å². The van der Waals surface area contributed by atoms with Gasteiger partial charge in [-0.2, -0.15) is 0 Å². The van der Waals surface area contributed by atoms with Gasteiger partial charge in [-0.15, -0.1) is 0 Å². The average molecular weight is 342 g/mol. The molecule has 1 fully saturated rings. The van der Waals surface area contributed by atoms with Crippen molar-refractivity contribution in [3.8, 4) is 0 Å². The van der Waals surface area contributed by atoms with Crippen LogP contribution in [0.15, 0.2) is 48.7 Å². The minimum absolute atomic E-state index is 0.0260. The Balaban J connectivity index is 1.59. The molecule has 1 aromatic carbocycles. The molecule has 1 aliphatic rings. The number of nitro groups is 1. The number of nitrogens with one attached hydrogen (secondary N) is 1.